The molecule has 4 heteroatoms. The van der Waals surface area contributed by atoms with Gasteiger partial charge in [-0.15, -0.1) is 0 Å². The van der Waals surface area contributed by atoms with Crippen molar-refractivity contribution in [2.75, 3.05) is 0 Å². The largest absolute Gasteiger partial charge is 0.403 e. The second-order valence-electron chi connectivity index (χ2n) is 1.62. The van der Waals surface area contributed by atoms with E-state index in [4.69, 9.17) is 0 Å². The van der Waals surface area contributed by atoms with E-state index in [-0.39, 0.29) is 5.82 Å². The van der Waals surface area contributed by atoms with Gasteiger partial charge < -0.3 is 4.18 Å². The highest BCUT2D eigenvalue weighted by atomic mass is 32.2. The number of rotatable bonds is 2. The molecule has 1 aromatic carbocycles. The summed E-state index contributed by atoms with van der Waals surface area (Å²) in [6, 6.07) is 5.28. The Kier molecular flexibility index (Phi) is 2.39. The lowest BCUT2D eigenvalue weighted by molar-refractivity contribution is 0.576. The number of benzene rings is 1. The molecule has 0 unspecified atom stereocenters. The van der Waals surface area contributed by atoms with Crippen molar-refractivity contribution in [1.29, 1.82) is 0 Å². The van der Waals surface area contributed by atoms with E-state index in [1.165, 1.54) is 24.3 Å². The van der Waals surface area contributed by atoms with Gasteiger partial charge in [0.2, 0.25) is 0 Å². The number of hydrogen-bond acceptors (Lipinski definition) is 2. The standard InChI is InChI=1S/C6H5FO2S/c7-5-1-3-6(4-2-5)9-10-8/h1-4,10H. The highest BCUT2D eigenvalue weighted by Gasteiger charge is 1.90. The molecule has 0 amide bonds. The Morgan fingerprint density at radius 2 is 1.90 bits per heavy atom. The van der Waals surface area contributed by atoms with Crippen LogP contribution in [0.15, 0.2) is 24.3 Å². The molecular weight excluding hydrogens is 155 g/mol. The first-order valence-electron chi connectivity index (χ1n) is 2.58. The summed E-state index contributed by atoms with van der Waals surface area (Å²) >= 11 is -0.426. The molecule has 0 heterocycles. The molecule has 1 aromatic rings. The van der Waals surface area contributed by atoms with Crippen LogP contribution < -0.4 is 4.18 Å². The van der Waals surface area contributed by atoms with E-state index in [1.807, 2.05) is 0 Å². The topological polar surface area (TPSA) is 26.3 Å². The maximum atomic E-state index is 12.2. The molecule has 0 saturated carbocycles. The molecule has 0 spiro atoms. The van der Waals surface area contributed by atoms with Gasteiger partial charge in [0.1, 0.15) is 11.6 Å². The van der Waals surface area contributed by atoms with Gasteiger partial charge >= 0.3 is 0 Å². The molecular formula is C6H5FO2S. The van der Waals surface area contributed by atoms with Gasteiger partial charge in [0, 0.05) is 0 Å². The lowest BCUT2D eigenvalue weighted by atomic mass is 10.3. The van der Waals surface area contributed by atoms with Crippen LogP contribution in [0.4, 0.5) is 4.39 Å². The number of thiol groups is 1. The summed E-state index contributed by atoms with van der Waals surface area (Å²) in [5.74, 6) is 0.0491. The van der Waals surface area contributed by atoms with E-state index in [0.29, 0.717) is 5.75 Å². The molecule has 0 fully saturated rings. The Labute approximate surface area is 61.3 Å². The van der Waals surface area contributed by atoms with E-state index in [2.05, 4.69) is 4.18 Å². The predicted octanol–water partition coefficient (Wildman–Crippen LogP) is 1.06. The van der Waals surface area contributed by atoms with Crippen LogP contribution in [-0.2, 0) is 11.9 Å². The fraction of sp³-hybridized carbons (Fsp3) is 0. The highest BCUT2D eigenvalue weighted by molar-refractivity contribution is 7.60. The van der Waals surface area contributed by atoms with Crippen LogP contribution in [0.1, 0.15) is 0 Å². The Bertz CT molecular complexity index is 222. The Morgan fingerprint density at radius 3 is 2.40 bits per heavy atom. The first-order chi connectivity index (χ1) is 4.83. The van der Waals surface area contributed by atoms with Crippen LogP contribution in [-0.4, -0.2) is 4.21 Å². The Morgan fingerprint density at radius 1 is 1.30 bits per heavy atom. The van der Waals surface area contributed by atoms with Gasteiger partial charge in [-0.3, -0.25) is 0 Å². The second-order valence-corrected chi connectivity index (χ2v) is 1.95. The van der Waals surface area contributed by atoms with Gasteiger partial charge in [-0.05, 0) is 24.3 Å². The monoisotopic (exact) mass is 160 g/mol. The fourth-order valence-corrected chi connectivity index (χ4v) is 0.746. The second kappa shape index (κ2) is 3.31. The van der Waals surface area contributed by atoms with Crippen molar-refractivity contribution in [2.45, 2.75) is 0 Å². The minimum atomic E-state index is -0.426. The molecule has 0 radical (unpaired) electrons. The van der Waals surface area contributed by atoms with Gasteiger partial charge in [0.15, 0.2) is 11.9 Å². The molecule has 0 aliphatic rings. The molecule has 2 nitrogen and oxygen atoms in total. The van der Waals surface area contributed by atoms with Gasteiger partial charge in [-0.1, -0.05) is 0 Å². The quantitative estimate of drug-likeness (QED) is 0.655. The zero-order valence-electron chi connectivity index (χ0n) is 4.95. The average molecular weight is 160 g/mol. The molecule has 0 aromatic heterocycles. The summed E-state index contributed by atoms with van der Waals surface area (Å²) in [6.45, 7) is 0. The first kappa shape index (κ1) is 7.21. The van der Waals surface area contributed by atoms with Crippen molar-refractivity contribution in [2.24, 2.45) is 0 Å². The Balaban J connectivity index is 2.78. The lowest BCUT2D eigenvalue weighted by Crippen LogP contribution is -1.82. The number of halogens is 1. The molecule has 0 atom stereocenters. The van der Waals surface area contributed by atoms with Crippen LogP contribution in [0, 0.1) is 5.82 Å². The normalized spacial score (nSPS) is 9.30. The van der Waals surface area contributed by atoms with Crippen molar-refractivity contribution >= 4 is 11.9 Å². The molecule has 0 aliphatic carbocycles. The van der Waals surface area contributed by atoms with Crippen LogP contribution in [0.5, 0.6) is 5.75 Å². The summed E-state index contributed by atoms with van der Waals surface area (Å²) in [5, 5.41) is 0. The van der Waals surface area contributed by atoms with E-state index in [1.54, 1.807) is 0 Å². The maximum Gasteiger partial charge on any atom is 0.193 e. The molecule has 10 heavy (non-hydrogen) atoms. The smallest absolute Gasteiger partial charge is 0.193 e. The average Bonchev–Trinajstić information content (AvgIpc) is 1.95. The zero-order chi connectivity index (χ0) is 7.40. The van der Waals surface area contributed by atoms with Gasteiger partial charge in [-0.2, -0.15) is 0 Å². The van der Waals surface area contributed by atoms with Gasteiger partial charge in [0.25, 0.3) is 0 Å². The van der Waals surface area contributed by atoms with Crippen LogP contribution in [0.3, 0.4) is 0 Å². The predicted molar refractivity (Wildman–Crippen MR) is 36.6 cm³/mol. The van der Waals surface area contributed by atoms with Crippen LogP contribution >= 0.6 is 0 Å². The lowest BCUT2D eigenvalue weighted by Gasteiger charge is -1.93. The molecule has 0 N–H and O–H groups in total. The molecule has 0 saturated heterocycles. The summed E-state index contributed by atoms with van der Waals surface area (Å²) in [6.07, 6.45) is 0. The van der Waals surface area contributed by atoms with Crippen molar-refractivity contribution in [3.05, 3.63) is 30.1 Å². The van der Waals surface area contributed by atoms with E-state index >= 15 is 0 Å². The summed E-state index contributed by atoms with van der Waals surface area (Å²) in [4.78, 5) is 0. The maximum absolute atomic E-state index is 12.2. The molecule has 1 rings (SSSR count). The summed E-state index contributed by atoms with van der Waals surface area (Å²) in [5.41, 5.74) is 0. The zero-order valence-corrected chi connectivity index (χ0v) is 5.85. The summed E-state index contributed by atoms with van der Waals surface area (Å²) < 4.78 is 26.5. The van der Waals surface area contributed by atoms with E-state index in [9.17, 15) is 8.60 Å². The highest BCUT2D eigenvalue weighted by Crippen LogP contribution is 2.09. The molecule has 54 valence electrons. The van der Waals surface area contributed by atoms with Crippen molar-refractivity contribution < 1.29 is 12.8 Å². The van der Waals surface area contributed by atoms with E-state index in [0.717, 1.165) is 0 Å². The molecule has 0 aliphatic heterocycles. The number of hydrogen-bond donors (Lipinski definition) is 1. The van der Waals surface area contributed by atoms with Crippen molar-refractivity contribution in [3.63, 3.8) is 0 Å². The minimum Gasteiger partial charge on any atom is -0.403 e. The summed E-state index contributed by atoms with van der Waals surface area (Å²) in [7, 11) is 0. The van der Waals surface area contributed by atoms with Gasteiger partial charge in [-0.25, -0.2) is 8.60 Å². The minimum absolute atomic E-state index is 0.338. The van der Waals surface area contributed by atoms with Crippen LogP contribution in [0.25, 0.3) is 0 Å². The Hall–Kier alpha value is -0.900. The first-order valence-corrected chi connectivity index (χ1v) is 3.31. The third-order valence-corrected chi connectivity index (χ3v) is 1.24. The van der Waals surface area contributed by atoms with Gasteiger partial charge in [0.05, 0.1) is 0 Å². The van der Waals surface area contributed by atoms with E-state index < -0.39 is 11.9 Å². The third-order valence-electron chi connectivity index (χ3n) is 0.956. The van der Waals surface area contributed by atoms with Crippen molar-refractivity contribution in [1.82, 2.24) is 0 Å². The van der Waals surface area contributed by atoms with Crippen molar-refractivity contribution in [3.8, 4) is 5.75 Å². The SMILES string of the molecule is O=[SH]Oc1ccc(F)cc1. The van der Waals surface area contributed by atoms with Crippen LogP contribution in [0.2, 0.25) is 0 Å². The third kappa shape index (κ3) is 1.80. The fourth-order valence-electron chi connectivity index (χ4n) is 0.538. The molecule has 0 bridgehead atoms.